The van der Waals surface area contributed by atoms with Gasteiger partial charge in [-0.3, -0.25) is 4.98 Å². The maximum atomic E-state index is 12.0. The zero-order valence-electron chi connectivity index (χ0n) is 10.7. The Morgan fingerprint density at radius 3 is 2.67 bits per heavy atom. The van der Waals surface area contributed by atoms with Crippen molar-refractivity contribution >= 4 is 33.2 Å². The SMILES string of the molecule is O=S(=O)(NC[C@H](O)c1ccc(Cl)cc1Cl)c1cccnc1. The van der Waals surface area contributed by atoms with Gasteiger partial charge in [0.1, 0.15) is 4.90 Å². The molecule has 5 nitrogen and oxygen atoms in total. The highest BCUT2D eigenvalue weighted by atomic mass is 35.5. The highest BCUT2D eigenvalue weighted by Crippen LogP contribution is 2.26. The Morgan fingerprint density at radius 1 is 1.29 bits per heavy atom. The summed E-state index contributed by atoms with van der Waals surface area (Å²) in [6.45, 7) is -0.210. The number of aromatic nitrogens is 1. The molecule has 0 radical (unpaired) electrons. The second-order valence-electron chi connectivity index (χ2n) is 4.22. The number of benzene rings is 1. The van der Waals surface area contributed by atoms with Crippen molar-refractivity contribution in [3.63, 3.8) is 0 Å². The molecule has 0 bridgehead atoms. The molecular weight excluding hydrogens is 335 g/mol. The fraction of sp³-hybridized carbons (Fsp3) is 0.154. The van der Waals surface area contributed by atoms with E-state index in [0.717, 1.165) is 0 Å². The molecular formula is C13H12Cl2N2O3S. The van der Waals surface area contributed by atoms with Gasteiger partial charge in [-0.05, 0) is 24.3 Å². The van der Waals surface area contributed by atoms with Crippen LogP contribution in [0, 0.1) is 0 Å². The van der Waals surface area contributed by atoms with Gasteiger partial charge in [0, 0.05) is 34.5 Å². The van der Waals surface area contributed by atoms with Crippen LogP contribution < -0.4 is 4.72 Å². The number of hydrogen-bond donors (Lipinski definition) is 2. The summed E-state index contributed by atoms with van der Waals surface area (Å²) in [5.41, 5.74) is 0.398. The summed E-state index contributed by atoms with van der Waals surface area (Å²) in [4.78, 5) is 3.77. The maximum Gasteiger partial charge on any atom is 0.242 e. The van der Waals surface area contributed by atoms with E-state index in [-0.39, 0.29) is 16.5 Å². The molecule has 2 aromatic rings. The number of sulfonamides is 1. The highest BCUT2D eigenvalue weighted by Gasteiger charge is 2.18. The Balaban J connectivity index is 2.09. The van der Waals surface area contributed by atoms with Gasteiger partial charge in [0.05, 0.1) is 6.10 Å². The lowest BCUT2D eigenvalue weighted by atomic mass is 10.1. The first kappa shape index (κ1) is 16.2. The first-order chi connectivity index (χ1) is 9.90. The summed E-state index contributed by atoms with van der Waals surface area (Å²) < 4.78 is 26.3. The standard InChI is InChI=1S/C13H12Cl2N2O3S/c14-9-3-4-11(12(15)6-9)13(18)8-17-21(19,20)10-2-1-5-16-7-10/h1-7,13,17-18H,8H2/t13-/m0/s1. The lowest BCUT2D eigenvalue weighted by Gasteiger charge is -2.14. The minimum absolute atomic E-state index is 0.0272. The zero-order valence-corrected chi connectivity index (χ0v) is 13.0. The van der Waals surface area contributed by atoms with Gasteiger partial charge >= 0.3 is 0 Å². The Bertz CT molecular complexity index is 723. The van der Waals surface area contributed by atoms with E-state index in [4.69, 9.17) is 23.2 Å². The molecule has 1 atom stereocenters. The van der Waals surface area contributed by atoms with Crippen LogP contribution in [0.2, 0.25) is 10.0 Å². The van der Waals surface area contributed by atoms with Crippen LogP contribution in [0.4, 0.5) is 0 Å². The molecule has 2 rings (SSSR count). The van der Waals surface area contributed by atoms with E-state index in [1.807, 2.05) is 0 Å². The molecule has 0 saturated heterocycles. The molecule has 0 unspecified atom stereocenters. The van der Waals surface area contributed by atoms with Crippen LogP contribution in [0.1, 0.15) is 11.7 Å². The molecule has 1 aromatic carbocycles. The number of rotatable bonds is 5. The van der Waals surface area contributed by atoms with Crippen molar-refractivity contribution in [1.29, 1.82) is 0 Å². The van der Waals surface area contributed by atoms with Crippen molar-refractivity contribution in [2.24, 2.45) is 0 Å². The first-order valence-electron chi connectivity index (χ1n) is 5.93. The van der Waals surface area contributed by atoms with Crippen molar-refractivity contribution < 1.29 is 13.5 Å². The minimum Gasteiger partial charge on any atom is -0.387 e. The van der Waals surface area contributed by atoms with Gasteiger partial charge in [-0.2, -0.15) is 0 Å². The molecule has 112 valence electrons. The quantitative estimate of drug-likeness (QED) is 0.871. The van der Waals surface area contributed by atoms with Gasteiger partial charge in [-0.15, -0.1) is 0 Å². The average Bonchev–Trinajstić information content (AvgIpc) is 2.46. The lowest BCUT2D eigenvalue weighted by molar-refractivity contribution is 0.182. The summed E-state index contributed by atoms with van der Waals surface area (Å²) >= 11 is 11.7. The third-order valence-electron chi connectivity index (χ3n) is 2.73. The fourth-order valence-corrected chi connectivity index (χ4v) is 3.20. The summed E-state index contributed by atoms with van der Waals surface area (Å²) in [6.07, 6.45) is 1.62. The molecule has 0 fully saturated rings. The summed E-state index contributed by atoms with van der Waals surface area (Å²) in [7, 11) is -3.73. The van der Waals surface area contributed by atoms with Crippen molar-refractivity contribution in [2.45, 2.75) is 11.0 Å². The van der Waals surface area contributed by atoms with E-state index in [2.05, 4.69) is 9.71 Å². The lowest BCUT2D eigenvalue weighted by Crippen LogP contribution is -2.28. The van der Waals surface area contributed by atoms with E-state index < -0.39 is 16.1 Å². The first-order valence-corrected chi connectivity index (χ1v) is 8.17. The van der Waals surface area contributed by atoms with Gasteiger partial charge in [-0.1, -0.05) is 29.3 Å². The predicted octanol–water partition coefficient (Wildman–Crippen LogP) is 2.40. The van der Waals surface area contributed by atoms with Crippen LogP contribution in [-0.2, 0) is 10.0 Å². The van der Waals surface area contributed by atoms with E-state index in [9.17, 15) is 13.5 Å². The summed E-state index contributed by atoms with van der Waals surface area (Å²) in [5.74, 6) is 0. The summed E-state index contributed by atoms with van der Waals surface area (Å²) in [5, 5.41) is 10.7. The fourth-order valence-electron chi connectivity index (χ4n) is 1.66. The largest absolute Gasteiger partial charge is 0.387 e. The second-order valence-corrected chi connectivity index (χ2v) is 6.83. The number of aliphatic hydroxyl groups excluding tert-OH is 1. The van der Waals surface area contributed by atoms with Crippen molar-refractivity contribution in [2.75, 3.05) is 6.54 Å². The van der Waals surface area contributed by atoms with Crippen LogP contribution >= 0.6 is 23.2 Å². The molecule has 0 aliphatic rings. The molecule has 0 aliphatic heterocycles. The third-order valence-corrected chi connectivity index (χ3v) is 4.70. The number of aliphatic hydroxyl groups is 1. The zero-order chi connectivity index (χ0) is 15.5. The monoisotopic (exact) mass is 346 g/mol. The van der Waals surface area contributed by atoms with Gasteiger partial charge in [0.25, 0.3) is 0 Å². The van der Waals surface area contributed by atoms with E-state index >= 15 is 0 Å². The Morgan fingerprint density at radius 2 is 2.05 bits per heavy atom. The molecule has 0 amide bonds. The molecule has 0 aliphatic carbocycles. The molecule has 2 N–H and O–H groups in total. The minimum atomic E-state index is -3.73. The predicted molar refractivity (Wildman–Crippen MR) is 80.8 cm³/mol. The smallest absolute Gasteiger partial charge is 0.242 e. The normalized spacial score (nSPS) is 13.1. The highest BCUT2D eigenvalue weighted by molar-refractivity contribution is 7.89. The Kier molecular flexibility index (Phi) is 5.18. The van der Waals surface area contributed by atoms with Crippen molar-refractivity contribution in [1.82, 2.24) is 9.71 Å². The van der Waals surface area contributed by atoms with Gasteiger partial charge in [0.15, 0.2) is 0 Å². The number of nitrogens with zero attached hydrogens (tertiary/aromatic N) is 1. The molecule has 1 heterocycles. The van der Waals surface area contributed by atoms with Crippen molar-refractivity contribution in [3.8, 4) is 0 Å². The van der Waals surface area contributed by atoms with E-state index in [1.54, 1.807) is 12.1 Å². The molecule has 0 saturated carbocycles. The number of pyridine rings is 1. The van der Waals surface area contributed by atoms with Crippen LogP contribution in [0.3, 0.4) is 0 Å². The number of nitrogens with one attached hydrogen (secondary N) is 1. The van der Waals surface area contributed by atoms with Crippen molar-refractivity contribution in [3.05, 3.63) is 58.3 Å². The van der Waals surface area contributed by atoms with Gasteiger partial charge in [-0.25, -0.2) is 13.1 Å². The Hall–Kier alpha value is -1.18. The van der Waals surface area contributed by atoms with Crippen LogP contribution in [-0.4, -0.2) is 25.1 Å². The number of hydrogen-bond acceptors (Lipinski definition) is 4. The Labute approximate surface area is 132 Å². The topological polar surface area (TPSA) is 79.3 Å². The van der Waals surface area contributed by atoms with Crippen LogP contribution in [0.15, 0.2) is 47.6 Å². The second kappa shape index (κ2) is 6.72. The molecule has 8 heteroatoms. The van der Waals surface area contributed by atoms with Gasteiger partial charge in [0.2, 0.25) is 10.0 Å². The van der Waals surface area contributed by atoms with Crippen LogP contribution in [0.5, 0.6) is 0 Å². The van der Waals surface area contributed by atoms with E-state index in [0.29, 0.717) is 10.6 Å². The van der Waals surface area contributed by atoms with Gasteiger partial charge < -0.3 is 5.11 Å². The number of halogens is 2. The molecule has 21 heavy (non-hydrogen) atoms. The molecule has 0 spiro atoms. The maximum absolute atomic E-state index is 12.0. The van der Waals surface area contributed by atoms with Crippen LogP contribution in [0.25, 0.3) is 0 Å². The van der Waals surface area contributed by atoms with E-state index in [1.165, 1.54) is 30.6 Å². The third kappa shape index (κ3) is 4.15. The molecule has 1 aromatic heterocycles. The average molecular weight is 347 g/mol. The summed E-state index contributed by atoms with van der Waals surface area (Å²) in [6, 6.07) is 7.53.